The molecule has 0 bridgehead atoms. The Hall–Kier alpha value is -2.89. The van der Waals surface area contributed by atoms with Crippen LogP contribution in [0.3, 0.4) is 0 Å². The summed E-state index contributed by atoms with van der Waals surface area (Å²) in [5.74, 6) is -0.972. The minimum Gasteiger partial charge on any atom is -0.481 e. The Balaban J connectivity index is 2.00. The summed E-state index contributed by atoms with van der Waals surface area (Å²) >= 11 is 0. The average Bonchev–Trinajstić information content (AvgIpc) is 2.49. The van der Waals surface area contributed by atoms with E-state index in [9.17, 15) is 14.0 Å². The van der Waals surface area contributed by atoms with Crippen molar-refractivity contribution in [2.75, 3.05) is 5.32 Å². The van der Waals surface area contributed by atoms with E-state index in [0.29, 0.717) is 17.0 Å². The number of ether oxygens (including phenoxy) is 1. The van der Waals surface area contributed by atoms with Crippen LogP contribution >= 0.6 is 0 Å². The van der Waals surface area contributed by atoms with Gasteiger partial charge < -0.3 is 15.8 Å². The molecule has 2 amide bonds. The number of anilines is 1. The average molecular weight is 302 g/mol. The smallest absolute Gasteiger partial charge is 0.265 e. The van der Waals surface area contributed by atoms with Crippen LogP contribution in [0.5, 0.6) is 5.75 Å². The SMILES string of the molecule is C[C@@H](Oc1ccc(F)cc1)C(=O)Nc1cccc(C(N)=O)c1. The van der Waals surface area contributed by atoms with Gasteiger partial charge >= 0.3 is 0 Å². The van der Waals surface area contributed by atoms with Crippen molar-refractivity contribution in [2.24, 2.45) is 5.73 Å². The molecule has 22 heavy (non-hydrogen) atoms. The Bertz CT molecular complexity index is 686. The normalized spacial score (nSPS) is 11.5. The number of primary amides is 1. The lowest BCUT2D eigenvalue weighted by Gasteiger charge is -2.15. The molecule has 2 aromatic rings. The van der Waals surface area contributed by atoms with Gasteiger partial charge in [0.2, 0.25) is 5.91 Å². The van der Waals surface area contributed by atoms with Gasteiger partial charge in [-0.05, 0) is 49.4 Å². The lowest BCUT2D eigenvalue weighted by molar-refractivity contribution is -0.122. The number of hydrogen-bond donors (Lipinski definition) is 2. The van der Waals surface area contributed by atoms with Crippen LogP contribution in [0.1, 0.15) is 17.3 Å². The van der Waals surface area contributed by atoms with Crippen LogP contribution in [0.15, 0.2) is 48.5 Å². The van der Waals surface area contributed by atoms with Crippen LogP contribution in [0.25, 0.3) is 0 Å². The monoisotopic (exact) mass is 302 g/mol. The zero-order valence-corrected chi connectivity index (χ0v) is 11.9. The second-order valence-electron chi connectivity index (χ2n) is 4.65. The molecule has 0 aromatic heterocycles. The molecule has 0 heterocycles. The first-order valence-electron chi connectivity index (χ1n) is 6.58. The molecule has 0 fully saturated rings. The number of rotatable bonds is 5. The van der Waals surface area contributed by atoms with E-state index in [0.717, 1.165) is 0 Å². The molecule has 1 atom stereocenters. The van der Waals surface area contributed by atoms with Gasteiger partial charge in [0.05, 0.1) is 0 Å². The third kappa shape index (κ3) is 4.05. The first kappa shape index (κ1) is 15.5. The predicted molar refractivity (Wildman–Crippen MR) is 80.1 cm³/mol. The summed E-state index contributed by atoms with van der Waals surface area (Å²) in [6.07, 6.45) is -0.789. The Morgan fingerprint density at radius 3 is 2.50 bits per heavy atom. The van der Waals surface area contributed by atoms with Crippen LogP contribution < -0.4 is 15.8 Å². The van der Waals surface area contributed by atoms with E-state index in [4.69, 9.17) is 10.5 Å². The highest BCUT2D eigenvalue weighted by Gasteiger charge is 2.15. The first-order chi connectivity index (χ1) is 10.5. The Labute approximate surface area is 126 Å². The van der Waals surface area contributed by atoms with Crippen molar-refractivity contribution < 1.29 is 18.7 Å². The molecule has 2 aromatic carbocycles. The summed E-state index contributed by atoms with van der Waals surface area (Å²) in [7, 11) is 0. The van der Waals surface area contributed by atoms with Crippen molar-refractivity contribution in [3.05, 3.63) is 59.9 Å². The number of nitrogens with two attached hydrogens (primary N) is 1. The quantitative estimate of drug-likeness (QED) is 0.889. The third-order valence-corrected chi connectivity index (χ3v) is 2.91. The van der Waals surface area contributed by atoms with Crippen LogP contribution in [0.4, 0.5) is 10.1 Å². The van der Waals surface area contributed by atoms with Crippen molar-refractivity contribution in [1.82, 2.24) is 0 Å². The van der Waals surface area contributed by atoms with Gasteiger partial charge in [-0.15, -0.1) is 0 Å². The fourth-order valence-electron chi connectivity index (χ4n) is 1.76. The van der Waals surface area contributed by atoms with Crippen molar-refractivity contribution in [1.29, 1.82) is 0 Å². The van der Waals surface area contributed by atoms with Crippen molar-refractivity contribution in [3.8, 4) is 5.75 Å². The Kier molecular flexibility index (Phi) is 4.73. The topological polar surface area (TPSA) is 81.4 Å². The van der Waals surface area contributed by atoms with Crippen LogP contribution in [0.2, 0.25) is 0 Å². The molecule has 0 saturated carbocycles. The summed E-state index contributed by atoms with van der Waals surface area (Å²) in [6.45, 7) is 1.57. The number of carbonyl (C=O) groups excluding carboxylic acids is 2. The summed E-state index contributed by atoms with van der Waals surface area (Å²) in [5.41, 5.74) is 5.92. The first-order valence-corrected chi connectivity index (χ1v) is 6.58. The van der Waals surface area contributed by atoms with Gasteiger partial charge in [-0.1, -0.05) is 6.07 Å². The van der Waals surface area contributed by atoms with Gasteiger partial charge in [0.25, 0.3) is 5.91 Å². The highest BCUT2D eigenvalue weighted by atomic mass is 19.1. The van der Waals surface area contributed by atoms with Gasteiger partial charge in [0, 0.05) is 11.3 Å². The highest BCUT2D eigenvalue weighted by molar-refractivity contribution is 5.97. The van der Waals surface area contributed by atoms with Crippen molar-refractivity contribution >= 4 is 17.5 Å². The van der Waals surface area contributed by atoms with E-state index in [1.807, 2.05) is 0 Å². The predicted octanol–water partition coefficient (Wildman–Crippen LogP) is 2.33. The minimum atomic E-state index is -0.789. The van der Waals surface area contributed by atoms with Gasteiger partial charge in [0.1, 0.15) is 11.6 Å². The van der Waals surface area contributed by atoms with Gasteiger partial charge in [-0.2, -0.15) is 0 Å². The van der Waals surface area contributed by atoms with Crippen molar-refractivity contribution in [3.63, 3.8) is 0 Å². The van der Waals surface area contributed by atoms with E-state index in [1.165, 1.54) is 30.3 Å². The molecule has 0 aliphatic carbocycles. The largest absolute Gasteiger partial charge is 0.481 e. The summed E-state index contributed by atoms with van der Waals surface area (Å²) < 4.78 is 18.2. The molecule has 0 aliphatic heterocycles. The molecule has 0 aliphatic rings. The lowest BCUT2D eigenvalue weighted by Crippen LogP contribution is -2.30. The van der Waals surface area contributed by atoms with Gasteiger partial charge in [-0.25, -0.2) is 4.39 Å². The number of hydrogen-bond acceptors (Lipinski definition) is 3. The zero-order chi connectivity index (χ0) is 16.1. The molecule has 0 spiro atoms. The maximum Gasteiger partial charge on any atom is 0.265 e. The van der Waals surface area contributed by atoms with Crippen LogP contribution in [-0.4, -0.2) is 17.9 Å². The molecule has 114 valence electrons. The van der Waals surface area contributed by atoms with E-state index < -0.39 is 17.9 Å². The third-order valence-electron chi connectivity index (χ3n) is 2.91. The number of amides is 2. The van der Waals surface area contributed by atoms with Crippen molar-refractivity contribution in [2.45, 2.75) is 13.0 Å². The van der Waals surface area contributed by atoms with Crippen LogP contribution in [-0.2, 0) is 4.79 Å². The van der Waals surface area contributed by atoms with E-state index in [-0.39, 0.29) is 5.82 Å². The van der Waals surface area contributed by atoms with Gasteiger partial charge in [0.15, 0.2) is 6.10 Å². The maximum absolute atomic E-state index is 12.8. The number of benzene rings is 2. The molecule has 3 N–H and O–H groups in total. The standard InChI is InChI=1S/C16H15FN2O3/c1-10(22-14-7-5-12(17)6-8-14)16(21)19-13-4-2-3-11(9-13)15(18)20/h2-10H,1H3,(H2,18,20)(H,19,21)/t10-/m1/s1. The number of carbonyl (C=O) groups is 2. The number of halogens is 1. The molecule has 0 saturated heterocycles. The number of nitrogens with one attached hydrogen (secondary N) is 1. The summed E-state index contributed by atoms with van der Waals surface area (Å²) in [4.78, 5) is 23.1. The molecule has 6 heteroatoms. The minimum absolute atomic E-state index is 0.296. The maximum atomic E-state index is 12.8. The summed E-state index contributed by atoms with van der Waals surface area (Å²) in [6, 6.07) is 11.6. The zero-order valence-electron chi connectivity index (χ0n) is 11.9. The van der Waals surface area contributed by atoms with E-state index >= 15 is 0 Å². The fraction of sp³-hybridized carbons (Fsp3) is 0.125. The fourth-order valence-corrected chi connectivity index (χ4v) is 1.76. The lowest BCUT2D eigenvalue weighted by atomic mass is 10.2. The second-order valence-corrected chi connectivity index (χ2v) is 4.65. The van der Waals surface area contributed by atoms with E-state index in [2.05, 4.69) is 5.32 Å². The Morgan fingerprint density at radius 2 is 1.86 bits per heavy atom. The van der Waals surface area contributed by atoms with Gasteiger partial charge in [-0.3, -0.25) is 9.59 Å². The summed E-state index contributed by atoms with van der Waals surface area (Å²) in [5, 5.41) is 2.62. The molecule has 5 nitrogen and oxygen atoms in total. The molecular weight excluding hydrogens is 287 g/mol. The van der Waals surface area contributed by atoms with Crippen LogP contribution in [0, 0.1) is 5.82 Å². The molecule has 2 rings (SSSR count). The highest BCUT2D eigenvalue weighted by Crippen LogP contribution is 2.15. The molecule has 0 radical (unpaired) electrons. The molecular formula is C16H15FN2O3. The van der Waals surface area contributed by atoms with E-state index in [1.54, 1.807) is 25.1 Å². The molecule has 0 unspecified atom stereocenters. The Morgan fingerprint density at radius 1 is 1.18 bits per heavy atom. The second kappa shape index (κ2) is 6.71.